The van der Waals surface area contributed by atoms with Crippen LogP contribution in [0.4, 0.5) is 4.39 Å². The van der Waals surface area contributed by atoms with Crippen molar-refractivity contribution in [2.45, 2.75) is 37.6 Å². The summed E-state index contributed by atoms with van der Waals surface area (Å²) < 4.78 is 14.1. The molecule has 1 unspecified atom stereocenters. The summed E-state index contributed by atoms with van der Waals surface area (Å²) in [5, 5.41) is 0.335. The lowest BCUT2D eigenvalue weighted by Crippen LogP contribution is -2.49. The van der Waals surface area contributed by atoms with Crippen molar-refractivity contribution in [3.05, 3.63) is 93.8 Å². The highest BCUT2D eigenvalue weighted by Gasteiger charge is 2.65. The number of halogens is 2. The zero-order valence-corrected chi connectivity index (χ0v) is 19.7. The van der Waals surface area contributed by atoms with Crippen LogP contribution < -0.4 is 5.73 Å². The Morgan fingerprint density at radius 3 is 2.29 bits per heavy atom. The number of hydrogen-bond acceptors (Lipinski definition) is 3. The summed E-state index contributed by atoms with van der Waals surface area (Å²) in [5.41, 5.74) is 11.0. The third kappa shape index (κ3) is 2.89. The van der Waals surface area contributed by atoms with Gasteiger partial charge in [-0.2, -0.15) is 0 Å². The minimum Gasteiger partial charge on any atom is -0.369 e. The number of aliphatic imine (C=N–C) groups is 1. The second kappa shape index (κ2) is 7.41. The molecule has 3 aromatic carbocycles. The van der Waals surface area contributed by atoms with Gasteiger partial charge in [0.15, 0.2) is 11.5 Å². The molecule has 6 rings (SSSR count). The van der Waals surface area contributed by atoms with Crippen molar-refractivity contribution in [3.8, 4) is 11.1 Å². The van der Waals surface area contributed by atoms with E-state index < -0.39 is 11.4 Å². The number of guanidine groups is 1. The van der Waals surface area contributed by atoms with E-state index in [9.17, 15) is 9.18 Å². The maximum Gasteiger partial charge on any atom is 0.262 e. The predicted molar refractivity (Wildman–Crippen MR) is 132 cm³/mol. The molecule has 0 saturated heterocycles. The summed E-state index contributed by atoms with van der Waals surface area (Å²) in [5.74, 6) is -0.225. The molecule has 2 spiro atoms. The molecule has 1 atom stereocenters. The number of carbonyl (C=O) groups excluding carboxylic acids is 1. The predicted octanol–water partition coefficient (Wildman–Crippen LogP) is 5.25. The Hall–Kier alpha value is -3.18. The SMILES string of the molecule is CN1C(=O)C2(N=C1N)c1cc(-c3cc(F)cc(Cl)c3)ccc1CC21CCc2ccccc2CC1. The average molecular weight is 474 g/mol. The standard InChI is InChI=1S/C28H25ClFN3O/c1-33-25(34)28(32-26(33)31)24-14-19(21-12-22(29)15-23(30)13-21)6-7-20(24)16-27(28)10-8-17-4-2-3-5-18(17)9-11-27/h2-7,12-15H,8-11,16H2,1H3,(H2,31,32). The highest BCUT2D eigenvalue weighted by molar-refractivity contribution is 6.30. The van der Waals surface area contributed by atoms with Gasteiger partial charge in [0.2, 0.25) is 0 Å². The molecule has 6 heteroatoms. The van der Waals surface area contributed by atoms with Crippen molar-refractivity contribution in [1.82, 2.24) is 4.90 Å². The van der Waals surface area contributed by atoms with Crippen LogP contribution in [0.2, 0.25) is 5.02 Å². The second-order valence-corrected chi connectivity index (χ2v) is 10.2. The maximum atomic E-state index is 14.1. The van der Waals surface area contributed by atoms with E-state index in [4.69, 9.17) is 22.3 Å². The van der Waals surface area contributed by atoms with Gasteiger partial charge < -0.3 is 5.73 Å². The smallest absolute Gasteiger partial charge is 0.262 e. The van der Waals surface area contributed by atoms with Gasteiger partial charge in [-0.1, -0.05) is 48.0 Å². The Morgan fingerprint density at radius 2 is 1.68 bits per heavy atom. The van der Waals surface area contributed by atoms with Crippen LogP contribution >= 0.6 is 11.6 Å². The molecule has 0 saturated carbocycles. The van der Waals surface area contributed by atoms with Gasteiger partial charge in [-0.05, 0) is 89.8 Å². The first-order chi connectivity index (χ1) is 16.3. The van der Waals surface area contributed by atoms with Crippen molar-refractivity contribution in [3.63, 3.8) is 0 Å². The summed E-state index contributed by atoms with van der Waals surface area (Å²) in [7, 11) is 1.70. The highest BCUT2D eigenvalue weighted by Crippen LogP contribution is 2.61. The number of amides is 1. The fourth-order valence-corrected chi connectivity index (χ4v) is 6.59. The lowest BCUT2D eigenvalue weighted by Gasteiger charge is -2.40. The first-order valence-corrected chi connectivity index (χ1v) is 12.0. The number of benzene rings is 3. The summed E-state index contributed by atoms with van der Waals surface area (Å²) in [4.78, 5) is 20.4. The van der Waals surface area contributed by atoms with Crippen LogP contribution in [0.15, 0.2) is 65.7 Å². The number of nitrogens with zero attached hydrogens (tertiary/aromatic N) is 2. The summed E-state index contributed by atoms with van der Waals surface area (Å²) in [6, 6.07) is 19.1. The van der Waals surface area contributed by atoms with Crippen molar-refractivity contribution >= 4 is 23.5 Å². The van der Waals surface area contributed by atoms with E-state index in [-0.39, 0.29) is 17.3 Å². The van der Waals surface area contributed by atoms with Crippen molar-refractivity contribution in [2.75, 3.05) is 7.05 Å². The van der Waals surface area contributed by atoms with Gasteiger partial charge >= 0.3 is 0 Å². The van der Waals surface area contributed by atoms with Crippen LogP contribution in [0.1, 0.15) is 35.1 Å². The number of hydrogen-bond donors (Lipinski definition) is 1. The summed E-state index contributed by atoms with van der Waals surface area (Å²) >= 11 is 6.14. The molecule has 1 aliphatic heterocycles. The first-order valence-electron chi connectivity index (χ1n) is 11.6. The number of aryl methyl sites for hydroxylation is 2. The third-order valence-corrected chi connectivity index (χ3v) is 8.31. The molecule has 172 valence electrons. The Bertz CT molecular complexity index is 1340. The monoisotopic (exact) mass is 473 g/mol. The zero-order valence-electron chi connectivity index (χ0n) is 18.9. The minimum absolute atomic E-state index is 0.0795. The molecule has 1 amide bonds. The van der Waals surface area contributed by atoms with Crippen LogP contribution in [0, 0.1) is 11.2 Å². The minimum atomic E-state index is -1.07. The number of fused-ring (bicyclic) bond motifs is 4. The number of likely N-dealkylation sites (N-methyl/N-ethyl adjacent to an activating group) is 1. The van der Waals surface area contributed by atoms with Crippen molar-refractivity contribution in [2.24, 2.45) is 16.1 Å². The Kier molecular flexibility index (Phi) is 4.65. The van der Waals surface area contributed by atoms with E-state index >= 15 is 0 Å². The summed E-state index contributed by atoms with van der Waals surface area (Å²) in [6.07, 6.45) is 4.23. The fourth-order valence-electron chi connectivity index (χ4n) is 6.36. The molecular weight excluding hydrogens is 449 g/mol. The molecule has 0 radical (unpaired) electrons. The molecule has 4 nitrogen and oxygen atoms in total. The van der Waals surface area contributed by atoms with E-state index in [0.29, 0.717) is 10.6 Å². The molecule has 0 aromatic heterocycles. The number of nitrogens with two attached hydrogens (primary N) is 1. The lowest BCUT2D eigenvalue weighted by atomic mass is 9.65. The molecule has 1 heterocycles. The molecule has 3 aromatic rings. The largest absolute Gasteiger partial charge is 0.369 e. The van der Waals surface area contributed by atoms with Gasteiger partial charge in [0.25, 0.3) is 5.91 Å². The Balaban J connectivity index is 1.53. The van der Waals surface area contributed by atoms with Gasteiger partial charge in [-0.25, -0.2) is 9.38 Å². The molecule has 2 aliphatic carbocycles. The van der Waals surface area contributed by atoms with Crippen LogP contribution in [-0.4, -0.2) is 23.8 Å². The fraction of sp³-hybridized carbons (Fsp3) is 0.286. The van der Waals surface area contributed by atoms with Crippen LogP contribution in [-0.2, 0) is 29.6 Å². The quantitative estimate of drug-likeness (QED) is 0.524. The normalized spacial score (nSPS) is 22.6. The summed E-state index contributed by atoms with van der Waals surface area (Å²) in [6.45, 7) is 0. The molecule has 0 fully saturated rings. The van der Waals surface area contributed by atoms with E-state index in [0.717, 1.165) is 48.8 Å². The topological polar surface area (TPSA) is 58.7 Å². The van der Waals surface area contributed by atoms with Gasteiger partial charge in [0.1, 0.15) is 5.82 Å². The van der Waals surface area contributed by atoms with E-state index in [1.807, 2.05) is 12.1 Å². The van der Waals surface area contributed by atoms with Gasteiger partial charge in [0, 0.05) is 17.5 Å². The van der Waals surface area contributed by atoms with E-state index in [1.165, 1.54) is 28.2 Å². The van der Waals surface area contributed by atoms with Gasteiger partial charge in [0.05, 0.1) is 0 Å². The van der Waals surface area contributed by atoms with Crippen LogP contribution in [0.5, 0.6) is 0 Å². The second-order valence-electron chi connectivity index (χ2n) is 9.80. The number of carbonyl (C=O) groups is 1. The zero-order chi connectivity index (χ0) is 23.7. The van der Waals surface area contributed by atoms with Crippen LogP contribution in [0.25, 0.3) is 11.1 Å². The molecule has 0 bridgehead atoms. The van der Waals surface area contributed by atoms with E-state index in [1.54, 1.807) is 13.1 Å². The van der Waals surface area contributed by atoms with E-state index in [2.05, 4.69) is 30.3 Å². The highest BCUT2D eigenvalue weighted by atomic mass is 35.5. The molecule has 3 aliphatic rings. The van der Waals surface area contributed by atoms with Gasteiger partial charge in [-0.3, -0.25) is 9.69 Å². The van der Waals surface area contributed by atoms with Crippen molar-refractivity contribution < 1.29 is 9.18 Å². The molecule has 2 N–H and O–H groups in total. The third-order valence-electron chi connectivity index (χ3n) is 8.10. The number of rotatable bonds is 1. The molecular formula is C28H25ClFN3O. The van der Waals surface area contributed by atoms with Gasteiger partial charge in [-0.15, -0.1) is 0 Å². The first kappa shape index (κ1) is 21.4. The molecule has 34 heavy (non-hydrogen) atoms. The Labute approximate surface area is 203 Å². The lowest BCUT2D eigenvalue weighted by molar-refractivity contribution is -0.135. The maximum absolute atomic E-state index is 14.1. The average Bonchev–Trinajstić information content (AvgIpc) is 3.11. The van der Waals surface area contributed by atoms with Crippen molar-refractivity contribution in [1.29, 1.82) is 0 Å². The van der Waals surface area contributed by atoms with Crippen LogP contribution in [0.3, 0.4) is 0 Å². The Morgan fingerprint density at radius 1 is 0.971 bits per heavy atom.